The van der Waals surface area contributed by atoms with Crippen LogP contribution in [0.4, 0.5) is 0 Å². The van der Waals surface area contributed by atoms with Gasteiger partial charge in [0.15, 0.2) is 0 Å². The van der Waals surface area contributed by atoms with Crippen LogP contribution < -0.4 is 11.1 Å². The molecule has 1 saturated carbocycles. The minimum absolute atomic E-state index is 0.0707. The number of carbonyl (C=O) groups excluding carboxylic acids is 2. The third kappa shape index (κ3) is 4.35. The van der Waals surface area contributed by atoms with Gasteiger partial charge in [-0.3, -0.25) is 9.59 Å². The maximum atomic E-state index is 11.9. The van der Waals surface area contributed by atoms with Crippen molar-refractivity contribution in [3.05, 3.63) is 22.4 Å². The van der Waals surface area contributed by atoms with Crippen molar-refractivity contribution in [2.24, 2.45) is 11.7 Å². The zero-order valence-corrected chi connectivity index (χ0v) is 11.7. The molecule has 2 amide bonds. The Morgan fingerprint density at radius 2 is 2.26 bits per heavy atom. The van der Waals surface area contributed by atoms with E-state index < -0.39 is 0 Å². The lowest BCUT2D eigenvalue weighted by Gasteiger charge is -2.27. The zero-order valence-electron chi connectivity index (χ0n) is 10.9. The van der Waals surface area contributed by atoms with Gasteiger partial charge in [-0.25, -0.2) is 0 Å². The van der Waals surface area contributed by atoms with Crippen LogP contribution in [0.15, 0.2) is 16.8 Å². The van der Waals surface area contributed by atoms with Gasteiger partial charge >= 0.3 is 0 Å². The molecule has 1 aliphatic carbocycles. The van der Waals surface area contributed by atoms with E-state index in [1.54, 1.807) is 11.3 Å². The fourth-order valence-electron chi connectivity index (χ4n) is 2.57. The van der Waals surface area contributed by atoms with Crippen LogP contribution in [-0.2, 0) is 16.0 Å². The molecule has 3 N–H and O–H groups in total. The number of rotatable bonds is 5. The quantitative estimate of drug-likeness (QED) is 0.864. The monoisotopic (exact) mass is 280 g/mol. The van der Waals surface area contributed by atoms with Crippen molar-refractivity contribution in [1.82, 2.24) is 5.32 Å². The number of nitrogens with two attached hydrogens (primary N) is 1. The molecule has 2 atom stereocenters. The van der Waals surface area contributed by atoms with Crippen LogP contribution in [0.1, 0.15) is 37.7 Å². The van der Waals surface area contributed by atoms with Gasteiger partial charge in [0.1, 0.15) is 0 Å². The number of nitrogens with one attached hydrogen (secondary N) is 1. The first kappa shape index (κ1) is 14.1. The molecule has 104 valence electrons. The third-order valence-electron chi connectivity index (χ3n) is 3.66. The number of hydrogen-bond acceptors (Lipinski definition) is 3. The Kier molecular flexibility index (Phi) is 4.96. The second-order valence-corrected chi connectivity index (χ2v) is 5.94. The van der Waals surface area contributed by atoms with E-state index in [4.69, 9.17) is 5.73 Å². The summed E-state index contributed by atoms with van der Waals surface area (Å²) in [6, 6.07) is 2.16. The van der Waals surface area contributed by atoms with Gasteiger partial charge < -0.3 is 11.1 Å². The fraction of sp³-hybridized carbons (Fsp3) is 0.571. The van der Waals surface area contributed by atoms with E-state index >= 15 is 0 Å². The van der Waals surface area contributed by atoms with Crippen LogP contribution in [0, 0.1) is 5.92 Å². The molecule has 5 heteroatoms. The van der Waals surface area contributed by atoms with Crippen molar-refractivity contribution in [3.8, 4) is 0 Å². The number of amides is 2. The summed E-state index contributed by atoms with van der Waals surface area (Å²) < 4.78 is 0. The molecule has 1 fully saturated rings. The summed E-state index contributed by atoms with van der Waals surface area (Å²) in [4.78, 5) is 23.0. The molecule has 1 heterocycles. The molecular weight excluding hydrogens is 260 g/mol. The average Bonchev–Trinajstić information content (AvgIpc) is 2.90. The molecule has 0 saturated heterocycles. The Morgan fingerprint density at radius 3 is 2.95 bits per heavy atom. The molecule has 1 aromatic rings. The van der Waals surface area contributed by atoms with Crippen LogP contribution in [0.5, 0.6) is 0 Å². The molecule has 0 aromatic carbocycles. The Morgan fingerprint density at radius 1 is 1.42 bits per heavy atom. The summed E-state index contributed by atoms with van der Waals surface area (Å²) in [7, 11) is 0. The molecule has 2 rings (SSSR count). The van der Waals surface area contributed by atoms with Crippen molar-refractivity contribution in [1.29, 1.82) is 0 Å². The van der Waals surface area contributed by atoms with Gasteiger partial charge in [-0.2, -0.15) is 11.3 Å². The lowest BCUT2D eigenvalue weighted by atomic mass is 9.85. The summed E-state index contributed by atoms with van der Waals surface area (Å²) in [6.07, 6.45) is 4.75. The first-order valence-corrected chi connectivity index (χ1v) is 7.69. The second-order valence-electron chi connectivity index (χ2n) is 5.16. The van der Waals surface area contributed by atoms with Crippen LogP contribution in [0.2, 0.25) is 0 Å². The summed E-state index contributed by atoms with van der Waals surface area (Å²) in [5.74, 6) is -0.241. The van der Waals surface area contributed by atoms with Crippen molar-refractivity contribution in [3.63, 3.8) is 0 Å². The number of aryl methyl sites for hydroxylation is 1. The first-order valence-electron chi connectivity index (χ1n) is 6.75. The van der Waals surface area contributed by atoms with E-state index in [0.717, 1.165) is 25.7 Å². The molecule has 19 heavy (non-hydrogen) atoms. The normalized spacial score (nSPS) is 22.9. The highest BCUT2D eigenvalue weighted by molar-refractivity contribution is 7.07. The topological polar surface area (TPSA) is 72.2 Å². The Hall–Kier alpha value is -1.36. The van der Waals surface area contributed by atoms with E-state index in [-0.39, 0.29) is 23.8 Å². The van der Waals surface area contributed by atoms with Gasteiger partial charge in [-0.15, -0.1) is 0 Å². The SMILES string of the molecule is NC(=O)C1CCCC(NC(=O)CCc2ccsc2)C1. The minimum atomic E-state index is -0.239. The molecule has 1 aliphatic rings. The maximum absolute atomic E-state index is 11.9. The first-order chi connectivity index (χ1) is 9.15. The molecular formula is C14H20N2O2S. The van der Waals surface area contributed by atoms with E-state index in [2.05, 4.69) is 10.7 Å². The highest BCUT2D eigenvalue weighted by Gasteiger charge is 2.26. The molecule has 0 radical (unpaired) electrons. The van der Waals surface area contributed by atoms with E-state index in [9.17, 15) is 9.59 Å². The highest BCUT2D eigenvalue weighted by Crippen LogP contribution is 2.24. The highest BCUT2D eigenvalue weighted by atomic mass is 32.1. The summed E-state index contributed by atoms with van der Waals surface area (Å²) >= 11 is 1.65. The van der Waals surface area contributed by atoms with Gasteiger partial charge in [-0.05, 0) is 48.1 Å². The second kappa shape index (κ2) is 6.70. The standard InChI is InChI=1S/C14H20N2O2S/c15-14(18)11-2-1-3-12(8-11)16-13(17)5-4-10-6-7-19-9-10/h6-7,9,11-12H,1-5,8H2,(H2,15,18)(H,16,17). The fourth-order valence-corrected chi connectivity index (χ4v) is 3.28. The minimum Gasteiger partial charge on any atom is -0.369 e. The molecule has 0 bridgehead atoms. The van der Waals surface area contributed by atoms with Crippen molar-refractivity contribution in [2.45, 2.75) is 44.6 Å². The summed E-state index contributed by atoms with van der Waals surface area (Å²) in [5, 5.41) is 7.11. The van der Waals surface area contributed by atoms with Gasteiger partial charge in [-0.1, -0.05) is 6.42 Å². The Balaban J connectivity index is 1.74. The van der Waals surface area contributed by atoms with Crippen LogP contribution in [0.25, 0.3) is 0 Å². The summed E-state index contributed by atoms with van der Waals surface area (Å²) in [6.45, 7) is 0. The smallest absolute Gasteiger partial charge is 0.220 e. The predicted molar refractivity (Wildman–Crippen MR) is 75.7 cm³/mol. The predicted octanol–water partition coefficient (Wildman–Crippen LogP) is 1.84. The lowest BCUT2D eigenvalue weighted by molar-refractivity contribution is -0.125. The van der Waals surface area contributed by atoms with Crippen molar-refractivity contribution in [2.75, 3.05) is 0 Å². The van der Waals surface area contributed by atoms with Gasteiger partial charge in [0.2, 0.25) is 11.8 Å². The molecule has 4 nitrogen and oxygen atoms in total. The van der Waals surface area contributed by atoms with Gasteiger partial charge in [0, 0.05) is 18.4 Å². The van der Waals surface area contributed by atoms with Crippen molar-refractivity contribution >= 4 is 23.2 Å². The number of carbonyl (C=O) groups is 2. The zero-order chi connectivity index (χ0) is 13.7. The summed E-state index contributed by atoms with van der Waals surface area (Å²) in [5.41, 5.74) is 6.54. The maximum Gasteiger partial charge on any atom is 0.220 e. The Labute approximate surface area is 117 Å². The van der Waals surface area contributed by atoms with E-state index in [0.29, 0.717) is 12.8 Å². The largest absolute Gasteiger partial charge is 0.369 e. The van der Waals surface area contributed by atoms with Crippen LogP contribution in [0.3, 0.4) is 0 Å². The lowest BCUT2D eigenvalue weighted by Crippen LogP contribution is -2.41. The number of thiophene rings is 1. The number of hydrogen-bond donors (Lipinski definition) is 2. The average molecular weight is 280 g/mol. The van der Waals surface area contributed by atoms with Crippen LogP contribution >= 0.6 is 11.3 Å². The van der Waals surface area contributed by atoms with Crippen LogP contribution in [-0.4, -0.2) is 17.9 Å². The third-order valence-corrected chi connectivity index (χ3v) is 4.39. The molecule has 1 aromatic heterocycles. The van der Waals surface area contributed by atoms with E-state index in [1.807, 2.05) is 11.4 Å². The molecule has 2 unspecified atom stereocenters. The number of primary amides is 1. The van der Waals surface area contributed by atoms with E-state index in [1.165, 1.54) is 5.56 Å². The van der Waals surface area contributed by atoms with Crippen molar-refractivity contribution < 1.29 is 9.59 Å². The van der Waals surface area contributed by atoms with Gasteiger partial charge in [0.25, 0.3) is 0 Å². The molecule has 0 spiro atoms. The molecule has 0 aliphatic heterocycles. The Bertz CT molecular complexity index is 431. The van der Waals surface area contributed by atoms with Gasteiger partial charge in [0.05, 0.1) is 0 Å².